The van der Waals surface area contributed by atoms with E-state index in [1.807, 2.05) is 6.92 Å². The van der Waals surface area contributed by atoms with Crippen LogP contribution in [0.3, 0.4) is 0 Å². The second-order valence-electron chi connectivity index (χ2n) is 5.88. The fourth-order valence-electron chi connectivity index (χ4n) is 2.72. The Morgan fingerprint density at radius 1 is 0.950 bits per heavy atom. The molecule has 7 heteroatoms. The lowest BCUT2D eigenvalue weighted by molar-refractivity contribution is 0.0349. The van der Waals surface area contributed by atoms with Gasteiger partial charge in [0.2, 0.25) is 17.2 Å². The molecule has 0 aromatic carbocycles. The van der Waals surface area contributed by atoms with Gasteiger partial charge in [-0.3, -0.25) is 0 Å². The highest BCUT2D eigenvalue weighted by Crippen LogP contribution is 2.26. The summed E-state index contributed by atoms with van der Waals surface area (Å²) in [7, 11) is 0. The molecule has 0 spiro atoms. The van der Waals surface area contributed by atoms with E-state index in [9.17, 15) is 5.11 Å². The van der Waals surface area contributed by atoms with E-state index in [0.29, 0.717) is 11.9 Å². The van der Waals surface area contributed by atoms with E-state index in [0.717, 1.165) is 39.0 Å². The molecule has 1 aromatic heterocycles. The average Bonchev–Trinajstić information content (AvgIpc) is 2.91. The van der Waals surface area contributed by atoms with Crippen molar-refractivity contribution < 1.29 is 5.11 Å². The first-order chi connectivity index (χ1) is 9.53. The van der Waals surface area contributed by atoms with Crippen molar-refractivity contribution in [2.45, 2.75) is 38.2 Å². The molecule has 0 amide bonds. The maximum atomic E-state index is 10.0. The molecule has 0 bridgehead atoms. The van der Waals surface area contributed by atoms with Crippen LogP contribution in [0.2, 0.25) is 5.28 Å². The van der Waals surface area contributed by atoms with Gasteiger partial charge in [0, 0.05) is 26.2 Å². The first-order valence-corrected chi connectivity index (χ1v) is 7.55. The van der Waals surface area contributed by atoms with E-state index in [2.05, 4.69) is 24.8 Å². The lowest BCUT2D eigenvalue weighted by Crippen LogP contribution is -2.43. The van der Waals surface area contributed by atoms with Crippen molar-refractivity contribution in [3.05, 3.63) is 5.28 Å². The SMILES string of the molecule is CC1(O)CCN(c2nc(Cl)nc(N3CCCC3)n2)CC1. The van der Waals surface area contributed by atoms with Gasteiger partial charge in [-0.2, -0.15) is 15.0 Å². The summed E-state index contributed by atoms with van der Waals surface area (Å²) in [6.45, 7) is 5.32. The van der Waals surface area contributed by atoms with Gasteiger partial charge in [-0.15, -0.1) is 0 Å². The predicted molar refractivity (Wildman–Crippen MR) is 78.4 cm³/mol. The number of hydrogen-bond donors (Lipinski definition) is 1. The van der Waals surface area contributed by atoms with Crippen LogP contribution in [0.4, 0.5) is 11.9 Å². The summed E-state index contributed by atoms with van der Waals surface area (Å²) in [4.78, 5) is 17.2. The van der Waals surface area contributed by atoms with Crippen molar-refractivity contribution in [1.82, 2.24) is 15.0 Å². The summed E-state index contributed by atoms with van der Waals surface area (Å²) < 4.78 is 0. The van der Waals surface area contributed by atoms with Crippen LogP contribution < -0.4 is 9.80 Å². The third-order valence-corrected chi connectivity index (χ3v) is 4.27. The standard InChI is InChI=1S/C13H20ClN5O/c1-13(20)4-8-19(9-5-13)12-16-10(14)15-11(17-12)18-6-2-3-7-18/h20H,2-9H2,1H3. The van der Waals surface area contributed by atoms with Gasteiger partial charge in [0.05, 0.1) is 5.60 Å². The Kier molecular flexibility index (Phi) is 3.69. The number of piperidine rings is 1. The smallest absolute Gasteiger partial charge is 0.231 e. The van der Waals surface area contributed by atoms with Crippen molar-refractivity contribution in [2.75, 3.05) is 36.0 Å². The predicted octanol–water partition coefficient (Wildman–Crippen LogP) is 1.48. The molecule has 6 nitrogen and oxygen atoms in total. The molecule has 0 unspecified atom stereocenters. The van der Waals surface area contributed by atoms with Crippen LogP contribution in [-0.2, 0) is 0 Å². The van der Waals surface area contributed by atoms with Crippen LogP contribution in [0.15, 0.2) is 0 Å². The van der Waals surface area contributed by atoms with Crippen molar-refractivity contribution >= 4 is 23.5 Å². The van der Waals surface area contributed by atoms with Crippen molar-refractivity contribution in [3.8, 4) is 0 Å². The highest BCUT2D eigenvalue weighted by molar-refractivity contribution is 6.28. The average molecular weight is 298 g/mol. The molecule has 1 N–H and O–H groups in total. The zero-order valence-electron chi connectivity index (χ0n) is 11.7. The Morgan fingerprint density at radius 2 is 1.45 bits per heavy atom. The van der Waals surface area contributed by atoms with E-state index < -0.39 is 5.60 Å². The second-order valence-corrected chi connectivity index (χ2v) is 6.22. The molecule has 0 radical (unpaired) electrons. The van der Waals surface area contributed by atoms with E-state index in [1.54, 1.807) is 0 Å². The van der Waals surface area contributed by atoms with E-state index in [1.165, 1.54) is 12.8 Å². The normalized spacial score (nSPS) is 22.4. The molecule has 2 aliphatic heterocycles. The summed E-state index contributed by atoms with van der Waals surface area (Å²) in [5.74, 6) is 1.30. The minimum absolute atomic E-state index is 0.245. The lowest BCUT2D eigenvalue weighted by Gasteiger charge is -2.35. The number of nitrogens with zero attached hydrogens (tertiary/aromatic N) is 5. The third-order valence-electron chi connectivity index (χ3n) is 4.10. The van der Waals surface area contributed by atoms with Crippen LogP contribution in [0.25, 0.3) is 0 Å². The second kappa shape index (κ2) is 5.33. The van der Waals surface area contributed by atoms with Gasteiger partial charge in [-0.1, -0.05) is 0 Å². The number of rotatable bonds is 2. The lowest BCUT2D eigenvalue weighted by atomic mass is 9.94. The fraction of sp³-hybridized carbons (Fsp3) is 0.769. The number of anilines is 2. The molecule has 0 atom stereocenters. The van der Waals surface area contributed by atoms with Gasteiger partial charge in [-0.05, 0) is 44.2 Å². The molecular weight excluding hydrogens is 278 g/mol. The molecule has 3 rings (SSSR count). The Morgan fingerprint density at radius 3 is 2.00 bits per heavy atom. The first-order valence-electron chi connectivity index (χ1n) is 7.17. The van der Waals surface area contributed by atoms with Crippen molar-refractivity contribution in [2.24, 2.45) is 0 Å². The zero-order chi connectivity index (χ0) is 14.2. The van der Waals surface area contributed by atoms with Crippen LogP contribution in [0.1, 0.15) is 32.6 Å². The van der Waals surface area contributed by atoms with Gasteiger partial charge < -0.3 is 14.9 Å². The van der Waals surface area contributed by atoms with E-state index in [4.69, 9.17) is 11.6 Å². The highest BCUT2D eigenvalue weighted by Gasteiger charge is 2.29. The van der Waals surface area contributed by atoms with E-state index in [-0.39, 0.29) is 5.28 Å². The largest absolute Gasteiger partial charge is 0.390 e. The summed E-state index contributed by atoms with van der Waals surface area (Å²) in [5.41, 5.74) is -0.578. The first kappa shape index (κ1) is 13.8. The van der Waals surface area contributed by atoms with Crippen molar-refractivity contribution in [1.29, 1.82) is 0 Å². The molecular formula is C13H20ClN5O. The number of aliphatic hydroxyl groups is 1. The Bertz CT molecular complexity index is 480. The molecule has 2 fully saturated rings. The minimum Gasteiger partial charge on any atom is -0.390 e. The molecule has 110 valence electrons. The minimum atomic E-state index is -0.578. The van der Waals surface area contributed by atoms with Crippen LogP contribution in [-0.4, -0.2) is 51.8 Å². The van der Waals surface area contributed by atoms with Gasteiger partial charge in [0.25, 0.3) is 0 Å². The number of aromatic nitrogens is 3. The fourth-order valence-corrected chi connectivity index (χ4v) is 2.87. The molecule has 2 saturated heterocycles. The Balaban J connectivity index is 1.79. The Hall–Kier alpha value is -1.14. The topological polar surface area (TPSA) is 65.4 Å². The summed E-state index contributed by atoms with van der Waals surface area (Å²) in [5, 5.41) is 10.3. The maximum Gasteiger partial charge on any atom is 0.231 e. The van der Waals surface area contributed by atoms with Gasteiger partial charge in [0.15, 0.2) is 0 Å². The monoisotopic (exact) mass is 297 g/mol. The number of halogens is 1. The summed E-state index contributed by atoms with van der Waals surface area (Å²) >= 11 is 6.04. The molecule has 2 aliphatic rings. The summed E-state index contributed by atoms with van der Waals surface area (Å²) in [6.07, 6.45) is 3.78. The van der Waals surface area contributed by atoms with Crippen LogP contribution in [0.5, 0.6) is 0 Å². The van der Waals surface area contributed by atoms with Crippen molar-refractivity contribution in [3.63, 3.8) is 0 Å². The molecule has 0 aliphatic carbocycles. The maximum absolute atomic E-state index is 10.0. The third kappa shape index (κ3) is 2.96. The molecule has 0 saturated carbocycles. The molecule has 3 heterocycles. The van der Waals surface area contributed by atoms with Gasteiger partial charge in [0.1, 0.15) is 0 Å². The highest BCUT2D eigenvalue weighted by atomic mass is 35.5. The van der Waals surface area contributed by atoms with Crippen LogP contribution in [0, 0.1) is 0 Å². The molecule has 20 heavy (non-hydrogen) atoms. The van der Waals surface area contributed by atoms with E-state index >= 15 is 0 Å². The van der Waals surface area contributed by atoms with Gasteiger partial charge >= 0.3 is 0 Å². The zero-order valence-corrected chi connectivity index (χ0v) is 12.5. The quantitative estimate of drug-likeness (QED) is 0.892. The number of hydrogen-bond acceptors (Lipinski definition) is 6. The molecule has 1 aromatic rings. The Labute approximate surface area is 123 Å². The summed E-state index contributed by atoms with van der Waals surface area (Å²) in [6, 6.07) is 0. The van der Waals surface area contributed by atoms with Crippen LogP contribution >= 0.6 is 11.6 Å². The van der Waals surface area contributed by atoms with Gasteiger partial charge in [-0.25, -0.2) is 0 Å².